The first-order valence-corrected chi connectivity index (χ1v) is 9.50. The zero-order chi connectivity index (χ0) is 20.1. The third kappa shape index (κ3) is 4.76. The SMILES string of the molecule is CCN(Cc1ccc(OC)c(OC)c1)Cc1nnc(-c2ccc(Cl)cc2Cl)o1. The fourth-order valence-corrected chi connectivity index (χ4v) is 3.29. The molecule has 1 aromatic heterocycles. The number of ether oxygens (including phenoxy) is 2. The molecule has 3 aromatic rings. The van der Waals surface area contributed by atoms with Crippen molar-refractivity contribution in [2.24, 2.45) is 0 Å². The van der Waals surface area contributed by atoms with E-state index in [2.05, 4.69) is 22.0 Å². The Bertz CT molecular complexity index is 946. The normalized spacial score (nSPS) is 11.1. The van der Waals surface area contributed by atoms with Crippen LogP contribution in [0.1, 0.15) is 18.4 Å². The molecule has 6 nitrogen and oxygen atoms in total. The fourth-order valence-electron chi connectivity index (χ4n) is 2.80. The Kier molecular flexibility index (Phi) is 6.78. The number of hydrogen-bond donors (Lipinski definition) is 0. The molecule has 28 heavy (non-hydrogen) atoms. The van der Waals surface area contributed by atoms with E-state index in [1.807, 2.05) is 18.2 Å². The molecule has 0 atom stereocenters. The zero-order valence-corrected chi connectivity index (χ0v) is 17.4. The molecule has 0 unspecified atom stereocenters. The van der Waals surface area contributed by atoms with Crippen molar-refractivity contribution in [3.8, 4) is 23.0 Å². The van der Waals surface area contributed by atoms with Gasteiger partial charge in [-0.15, -0.1) is 10.2 Å². The molecule has 0 fully saturated rings. The monoisotopic (exact) mass is 421 g/mol. The summed E-state index contributed by atoms with van der Waals surface area (Å²) in [7, 11) is 3.25. The van der Waals surface area contributed by atoms with Gasteiger partial charge in [0, 0.05) is 11.6 Å². The van der Waals surface area contributed by atoms with Gasteiger partial charge in [-0.1, -0.05) is 36.2 Å². The molecule has 0 N–H and O–H groups in total. The van der Waals surface area contributed by atoms with E-state index in [0.29, 0.717) is 52.0 Å². The first-order chi connectivity index (χ1) is 13.5. The van der Waals surface area contributed by atoms with Gasteiger partial charge < -0.3 is 13.9 Å². The minimum absolute atomic E-state index is 0.374. The summed E-state index contributed by atoms with van der Waals surface area (Å²) in [5.74, 6) is 2.30. The second-order valence-electron chi connectivity index (χ2n) is 6.12. The Morgan fingerprint density at radius 1 is 0.964 bits per heavy atom. The first-order valence-electron chi connectivity index (χ1n) is 8.75. The summed E-state index contributed by atoms with van der Waals surface area (Å²) < 4.78 is 16.5. The Balaban J connectivity index is 1.72. The number of benzene rings is 2. The summed E-state index contributed by atoms with van der Waals surface area (Å²) in [5.41, 5.74) is 1.76. The van der Waals surface area contributed by atoms with E-state index in [-0.39, 0.29) is 0 Å². The van der Waals surface area contributed by atoms with E-state index in [1.165, 1.54) is 0 Å². The van der Waals surface area contributed by atoms with Crippen molar-refractivity contribution in [3.05, 3.63) is 57.9 Å². The summed E-state index contributed by atoms with van der Waals surface area (Å²) in [6.45, 7) is 4.11. The largest absolute Gasteiger partial charge is 0.493 e. The lowest BCUT2D eigenvalue weighted by Crippen LogP contribution is -2.22. The zero-order valence-electron chi connectivity index (χ0n) is 15.9. The molecular weight excluding hydrogens is 401 g/mol. The van der Waals surface area contributed by atoms with Gasteiger partial charge in [-0.25, -0.2) is 0 Å². The molecule has 0 radical (unpaired) electrons. The molecule has 0 amide bonds. The second-order valence-corrected chi connectivity index (χ2v) is 6.96. The van der Waals surface area contributed by atoms with Crippen LogP contribution in [-0.4, -0.2) is 35.9 Å². The maximum Gasteiger partial charge on any atom is 0.249 e. The van der Waals surface area contributed by atoms with Crippen LogP contribution >= 0.6 is 23.2 Å². The van der Waals surface area contributed by atoms with Crippen LogP contribution in [0.5, 0.6) is 11.5 Å². The third-order valence-electron chi connectivity index (χ3n) is 4.29. The molecule has 0 saturated heterocycles. The highest BCUT2D eigenvalue weighted by Crippen LogP contribution is 2.30. The van der Waals surface area contributed by atoms with Crippen LogP contribution in [-0.2, 0) is 13.1 Å². The Hall–Kier alpha value is -2.28. The Morgan fingerprint density at radius 2 is 1.75 bits per heavy atom. The summed E-state index contributed by atoms with van der Waals surface area (Å²) >= 11 is 12.2. The third-order valence-corrected chi connectivity index (χ3v) is 4.84. The average Bonchev–Trinajstić information content (AvgIpc) is 3.15. The van der Waals surface area contributed by atoms with Gasteiger partial charge in [-0.05, 0) is 42.4 Å². The molecule has 0 bridgehead atoms. The lowest BCUT2D eigenvalue weighted by Gasteiger charge is -2.19. The highest BCUT2D eigenvalue weighted by atomic mass is 35.5. The van der Waals surface area contributed by atoms with Gasteiger partial charge in [0.25, 0.3) is 0 Å². The molecule has 0 aliphatic heterocycles. The molecule has 0 spiro atoms. The Morgan fingerprint density at radius 3 is 2.43 bits per heavy atom. The number of halogens is 2. The highest BCUT2D eigenvalue weighted by Gasteiger charge is 2.15. The molecule has 0 aliphatic carbocycles. The molecule has 0 saturated carbocycles. The molecule has 8 heteroatoms. The van der Waals surface area contributed by atoms with E-state index in [9.17, 15) is 0 Å². The van der Waals surface area contributed by atoms with Crippen molar-refractivity contribution >= 4 is 23.2 Å². The van der Waals surface area contributed by atoms with Gasteiger partial charge in [-0.2, -0.15) is 0 Å². The predicted molar refractivity (Wildman–Crippen MR) is 109 cm³/mol. The van der Waals surface area contributed by atoms with Gasteiger partial charge in [0.15, 0.2) is 11.5 Å². The quantitative estimate of drug-likeness (QED) is 0.505. The number of methoxy groups -OCH3 is 2. The number of nitrogens with zero attached hydrogens (tertiary/aromatic N) is 3. The van der Waals surface area contributed by atoms with E-state index in [1.54, 1.807) is 32.4 Å². The van der Waals surface area contributed by atoms with E-state index in [4.69, 9.17) is 37.1 Å². The van der Waals surface area contributed by atoms with Gasteiger partial charge in [0.2, 0.25) is 11.8 Å². The predicted octanol–water partition coefficient (Wildman–Crippen LogP) is 5.08. The maximum atomic E-state index is 6.22. The highest BCUT2D eigenvalue weighted by molar-refractivity contribution is 6.36. The summed E-state index contributed by atoms with van der Waals surface area (Å²) in [6.07, 6.45) is 0. The van der Waals surface area contributed by atoms with Crippen LogP contribution in [0.4, 0.5) is 0 Å². The number of aromatic nitrogens is 2. The van der Waals surface area contributed by atoms with Crippen LogP contribution in [0.25, 0.3) is 11.5 Å². The maximum absolute atomic E-state index is 6.22. The van der Waals surface area contributed by atoms with Gasteiger partial charge in [0.1, 0.15) is 0 Å². The van der Waals surface area contributed by atoms with Crippen molar-refractivity contribution in [1.29, 1.82) is 0 Å². The second kappa shape index (κ2) is 9.28. The number of hydrogen-bond acceptors (Lipinski definition) is 6. The average molecular weight is 422 g/mol. The van der Waals surface area contributed by atoms with E-state index in [0.717, 1.165) is 12.1 Å². The summed E-state index contributed by atoms with van der Waals surface area (Å²) in [6, 6.07) is 11.0. The molecule has 0 aliphatic rings. The Labute approximate surface area is 174 Å². The molecule has 1 heterocycles. The van der Waals surface area contributed by atoms with E-state index >= 15 is 0 Å². The topological polar surface area (TPSA) is 60.6 Å². The lowest BCUT2D eigenvalue weighted by molar-refractivity contribution is 0.243. The van der Waals surface area contributed by atoms with Crippen LogP contribution in [0, 0.1) is 0 Å². The smallest absolute Gasteiger partial charge is 0.249 e. The van der Waals surface area contributed by atoms with Crippen LogP contribution < -0.4 is 9.47 Å². The van der Waals surface area contributed by atoms with Gasteiger partial charge >= 0.3 is 0 Å². The van der Waals surface area contributed by atoms with Crippen LogP contribution in [0.2, 0.25) is 10.0 Å². The standard InChI is InChI=1S/C20H21Cl2N3O3/c1-4-25(11-13-5-8-17(26-2)18(9-13)27-3)12-19-23-24-20(28-19)15-7-6-14(21)10-16(15)22/h5-10H,4,11-12H2,1-3H3. The number of rotatable bonds is 8. The first kappa shape index (κ1) is 20.5. The molecule has 3 rings (SSSR count). The van der Waals surface area contributed by atoms with Crippen molar-refractivity contribution in [1.82, 2.24) is 15.1 Å². The van der Waals surface area contributed by atoms with Crippen LogP contribution in [0.15, 0.2) is 40.8 Å². The van der Waals surface area contributed by atoms with Gasteiger partial charge in [-0.3, -0.25) is 4.90 Å². The molecule has 2 aromatic carbocycles. The minimum atomic E-state index is 0.374. The van der Waals surface area contributed by atoms with Gasteiger partial charge in [0.05, 0.1) is 31.4 Å². The summed E-state index contributed by atoms with van der Waals surface area (Å²) in [5, 5.41) is 9.29. The lowest BCUT2D eigenvalue weighted by atomic mass is 10.2. The fraction of sp³-hybridized carbons (Fsp3) is 0.300. The van der Waals surface area contributed by atoms with E-state index < -0.39 is 0 Å². The van der Waals surface area contributed by atoms with Crippen molar-refractivity contribution in [2.45, 2.75) is 20.0 Å². The molecular formula is C20H21Cl2N3O3. The summed E-state index contributed by atoms with van der Waals surface area (Å²) in [4.78, 5) is 2.18. The van der Waals surface area contributed by atoms with Crippen molar-refractivity contribution in [2.75, 3.05) is 20.8 Å². The van der Waals surface area contributed by atoms with Crippen molar-refractivity contribution < 1.29 is 13.9 Å². The minimum Gasteiger partial charge on any atom is -0.493 e. The van der Waals surface area contributed by atoms with Crippen LogP contribution in [0.3, 0.4) is 0 Å². The van der Waals surface area contributed by atoms with Crippen molar-refractivity contribution in [3.63, 3.8) is 0 Å². The molecule has 148 valence electrons.